The first-order valence-electron chi connectivity index (χ1n) is 11.5. The fraction of sp³-hybridized carbons (Fsp3) is 0.423. The number of carbonyl (C=O) groups excluding carboxylic acids is 3. The smallest absolute Gasteiger partial charge is 0.387 e. The van der Waals surface area contributed by atoms with Gasteiger partial charge in [-0.25, -0.2) is 4.79 Å². The molecule has 0 saturated carbocycles. The number of urea groups is 1. The SMILES string of the molecule is CC(C)c1ccc([C@H](NC(=O)CN2C(=O)N[C@@](C)(c3ccc(OC(F)F)cc3)C2=O)C(C)C)cc1. The highest BCUT2D eigenvalue weighted by molar-refractivity contribution is 6.09. The molecule has 1 saturated heterocycles. The average Bonchev–Trinajstić information content (AvgIpc) is 3.01. The van der Waals surface area contributed by atoms with E-state index in [2.05, 4.69) is 29.2 Å². The number of halogens is 2. The Hall–Kier alpha value is -3.49. The summed E-state index contributed by atoms with van der Waals surface area (Å²) in [4.78, 5) is 39.5. The van der Waals surface area contributed by atoms with Crippen molar-refractivity contribution in [2.24, 2.45) is 5.92 Å². The van der Waals surface area contributed by atoms with Crippen molar-refractivity contribution >= 4 is 17.8 Å². The number of carbonyl (C=O) groups is 3. The van der Waals surface area contributed by atoms with E-state index >= 15 is 0 Å². The number of amides is 4. The van der Waals surface area contributed by atoms with Gasteiger partial charge in [0.1, 0.15) is 17.8 Å². The van der Waals surface area contributed by atoms with E-state index in [1.54, 1.807) is 0 Å². The van der Waals surface area contributed by atoms with Crippen LogP contribution in [0.25, 0.3) is 0 Å². The molecule has 0 aliphatic carbocycles. The number of hydrogen-bond acceptors (Lipinski definition) is 4. The van der Waals surface area contributed by atoms with E-state index in [1.807, 2.05) is 38.1 Å². The lowest BCUT2D eigenvalue weighted by Gasteiger charge is -2.25. The Bertz CT molecular complexity index is 1070. The third-order valence-corrected chi connectivity index (χ3v) is 6.18. The van der Waals surface area contributed by atoms with Crippen molar-refractivity contribution in [3.8, 4) is 5.75 Å². The second kappa shape index (κ2) is 10.4. The van der Waals surface area contributed by atoms with E-state index in [1.165, 1.54) is 36.8 Å². The molecule has 1 heterocycles. The highest BCUT2D eigenvalue weighted by Crippen LogP contribution is 2.30. The van der Waals surface area contributed by atoms with E-state index in [-0.39, 0.29) is 17.7 Å². The summed E-state index contributed by atoms with van der Waals surface area (Å²) in [5, 5.41) is 5.55. The van der Waals surface area contributed by atoms with Gasteiger partial charge in [-0.05, 0) is 47.6 Å². The molecule has 7 nitrogen and oxygen atoms in total. The maximum absolute atomic E-state index is 13.1. The van der Waals surface area contributed by atoms with Crippen molar-refractivity contribution in [3.05, 3.63) is 65.2 Å². The molecule has 0 bridgehead atoms. The first kappa shape index (κ1) is 26.1. The summed E-state index contributed by atoms with van der Waals surface area (Å²) >= 11 is 0. The van der Waals surface area contributed by atoms with Gasteiger partial charge >= 0.3 is 12.6 Å². The molecule has 0 unspecified atom stereocenters. The van der Waals surface area contributed by atoms with Crippen molar-refractivity contribution in [2.45, 2.75) is 58.7 Å². The standard InChI is InChI=1S/C26H31F2N3O4/c1-15(2)17-6-8-18(9-7-17)22(16(3)4)29-21(32)14-31-23(33)26(5,30-25(31)34)19-10-12-20(13-11-19)35-24(27)28/h6-13,15-16,22,24H,14H2,1-5H3,(H,29,32)(H,30,34)/t22-,26+/m1/s1. The lowest BCUT2D eigenvalue weighted by atomic mass is 9.92. The normalized spacial score (nSPS) is 18.9. The van der Waals surface area contributed by atoms with Crippen molar-refractivity contribution < 1.29 is 27.9 Å². The van der Waals surface area contributed by atoms with Crippen molar-refractivity contribution in [3.63, 3.8) is 0 Å². The minimum absolute atomic E-state index is 0.0680. The number of benzene rings is 2. The maximum Gasteiger partial charge on any atom is 0.387 e. The minimum Gasteiger partial charge on any atom is -0.435 e. The molecular formula is C26H31F2N3O4. The summed E-state index contributed by atoms with van der Waals surface area (Å²) < 4.78 is 29.1. The molecule has 2 aromatic carbocycles. The molecule has 3 rings (SSSR count). The van der Waals surface area contributed by atoms with Crippen molar-refractivity contribution in [1.29, 1.82) is 0 Å². The minimum atomic E-state index is -2.97. The number of nitrogens with zero attached hydrogens (tertiary/aromatic N) is 1. The molecule has 1 aliphatic heterocycles. The van der Waals surface area contributed by atoms with Crippen LogP contribution < -0.4 is 15.4 Å². The van der Waals surface area contributed by atoms with Crippen molar-refractivity contribution in [2.75, 3.05) is 6.54 Å². The molecule has 0 spiro atoms. The van der Waals surface area contributed by atoms with E-state index in [0.717, 1.165) is 10.5 Å². The molecule has 0 aromatic heterocycles. The molecule has 4 amide bonds. The molecule has 1 fully saturated rings. The highest BCUT2D eigenvalue weighted by atomic mass is 19.3. The molecule has 2 N–H and O–H groups in total. The molecule has 9 heteroatoms. The van der Waals surface area contributed by atoms with Gasteiger partial charge in [0.15, 0.2) is 0 Å². The average molecular weight is 488 g/mol. The van der Waals surface area contributed by atoms with Gasteiger partial charge in [-0.2, -0.15) is 8.78 Å². The third kappa shape index (κ3) is 5.78. The second-order valence-corrected chi connectivity index (χ2v) is 9.46. The molecule has 188 valence electrons. The Morgan fingerprint density at radius 3 is 2.09 bits per heavy atom. The summed E-state index contributed by atoms with van der Waals surface area (Å²) in [5.41, 5.74) is 1.07. The first-order chi connectivity index (χ1) is 16.4. The van der Waals surface area contributed by atoms with Crippen LogP contribution >= 0.6 is 0 Å². The number of hydrogen-bond donors (Lipinski definition) is 2. The van der Waals surface area contributed by atoms with Gasteiger partial charge < -0.3 is 15.4 Å². The van der Waals surface area contributed by atoms with Crippen LogP contribution in [0.2, 0.25) is 0 Å². The van der Waals surface area contributed by atoms with Crippen LogP contribution in [-0.2, 0) is 15.1 Å². The monoisotopic (exact) mass is 487 g/mol. The maximum atomic E-state index is 13.1. The topological polar surface area (TPSA) is 87.7 Å². The summed E-state index contributed by atoms with van der Waals surface area (Å²) in [7, 11) is 0. The van der Waals surface area contributed by atoms with Crippen molar-refractivity contribution in [1.82, 2.24) is 15.5 Å². The van der Waals surface area contributed by atoms with Crippen LogP contribution in [0.15, 0.2) is 48.5 Å². The Kier molecular flexibility index (Phi) is 7.77. The van der Waals surface area contributed by atoms with Gasteiger partial charge in [0.25, 0.3) is 5.91 Å². The zero-order chi connectivity index (χ0) is 25.9. The predicted octanol–water partition coefficient (Wildman–Crippen LogP) is 4.69. The summed E-state index contributed by atoms with van der Waals surface area (Å²) in [6.07, 6.45) is 0. The van der Waals surface area contributed by atoms with Gasteiger partial charge in [0.05, 0.1) is 6.04 Å². The van der Waals surface area contributed by atoms with Gasteiger partial charge in [-0.1, -0.05) is 64.1 Å². The van der Waals surface area contributed by atoms with Gasteiger partial charge in [0.2, 0.25) is 5.91 Å². The van der Waals surface area contributed by atoms with Gasteiger partial charge in [-0.15, -0.1) is 0 Å². The van der Waals surface area contributed by atoms with Crippen LogP contribution in [0.4, 0.5) is 13.6 Å². The number of ether oxygens (including phenoxy) is 1. The Balaban J connectivity index is 1.71. The lowest BCUT2D eigenvalue weighted by molar-refractivity contribution is -0.135. The third-order valence-electron chi connectivity index (χ3n) is 6.18. The zero-order valence-electron chi connectivity index (χ0n) is 20.5. The molecule has 0 radical (unpaired) electrons. The number of nitrogens with one attached hydrogen (secondary N) is 2. The number of imide groups is 1. The second-order valence-electron chi connectivity index (χ2n) is 9.46. The quantitative estimate of drug-likeness (QED) is 0.503. The van der Waals surface area contributed by atoms with E-state index in [4.69, 9.17) is 0 Å². The number of rotatable bonds is 9. The van der Waals surface area contributed by atoms with Crippen LogP contribution in [-0.4, -0.2) is 35.9 Å². The molecule has 2 aromatic rings. The van der Waals surface area contributed by atoms with Crippen LogP contribution in [0.1, 0.15) is 63.3 Å². The highest BCUT2D eigenvalue weighted by Gasteiger charge is 2.49. The molecular weight excluding hydrogens is 456 g/mol. The Labute approximate surface area is 203 Å². The summed E-state index contributed by atoms with van der Waals surface area (Å²) in [5.74, 6) is -0.682. The summed E-state index contributed by atoms with van der Waals surface area (Å²) in [6, 6.07) is 12.5. The largest absolute Gasteiger partial charge is 0.435 e. The number of alkyl halides is 2. The fourth-order valence-electron chi connectivity index (χ4n) is 4.09. The van der Waals surface area contributed by atoms with Crippen LogP contribution in [0.3, 0.4) is 0 Å². The van der Waals surface area contributed by atoms with Gasteiger partial charge in [0, 0.05) is 0 Å². The van der Waals surface area contributed by atoms with E-state index < -0.39 is 36.5 Å². The Morgan fingerprint density at radius 2 is 1.57 bits per heavy atom. The molecule has 35 heavy (non-hydrogen) atoms. The zero-order valence-corrected chi connectivity index (χ0v) is 20.5. The summed E-state index contributed by atoms with van der Waals surface area (Å²) in [6.45, 7) is 6.26. The van der Waals surface area contributed by atoms with Crippen LogP contribution in [0.5, 0.6) is 5.75 Å². The van der Waals surface area contributed by atoms with E-state index in [9.17, 15) is 23.2 Å². The molecule has 2 atom stereocenters. The van der Waals surface area contributed by atoms with E-state index in [0.29, 0.717) is 11.5 Å². The predicted molar refractivity (Wildman–Crippen MR) is 127 cm³/mol. The Morgan fingerprint density at radius 1 is 1.00 bits per heavy atom. The fourth-order valence-corrected chi connectivity index (χ4v) is 4.09. The molecule has 1 aliphatic rings. The first-order valence-corrected chi connectivity index (χ1v) is 11.5. The van der Waals surface area contributed by atoms with Crippen LogP contribution in [0, 0.1) is 5.92 Å². The van der Waals surface area contributed by atoms with Gasteiger partial charge in [-0.3, -0.25) is 14.5 Å². The lowest BCUT2D eigenvalue weighted by Crippen LogP contribution is -2.44.